The summed E-state index contributed by atoms with van der Waals surface area (Å²) in [5, 5.41) is 13.3. The zero-order valence-corrected chi connectivity index (χ0v) is 25.1. The predicted octanol–water partition coefficient (Wildman–Crippen LogP) is 4.63. The van der Waals surface area contributed by atoms with Crippen molar-refractivity contribution in [3.8, 4) is 17.2 Å². The molecule has 6 rings (SSSR count). The van der Waals surface area contributed by atoms with Gasteiger partial charge in [-0.25, -0.2) is 4.98 Å². The molecular weight excluding hydrogens is 568 g/mol. The largest absolute Gasteiger partial charge is 0.486 e. The molecule has 3 aromatic carbocycles. The van der Waals surface area contributed by atoms with Gasteiger partial charge in [0.15, 0.2) is 22.3 Å². The lowest BCUT2D eigenvalue weighted by atomic mass is 9.98. The molecule has 0 fully saturated rings. The second-order valence-electron chi connectivity index (χ2n) is 11.1. The Balaban J connectivity index is 1.29. The Morgan fingerprint density at radius 2 is 1.98 bits per heavy atom. The third-order valence-corrected chi connectivity index (χ3v) is 8.84. The number of amides is 2. The van der Waals surface area contributed by atoms with Crippen molar-refractivity contribution in [1.29, 1.82) is 0 Å². The quantitative estimate of drug-likeness (QED) is 0.300. The minimum Gasteiger partial charge on any atom is -0.486 e. The molecule has 11 heteroatoms. The van der Waals surface area contributed by atoms with Crippen LogP contribution in [0.2, 0.25) is 0 Å². The highest BCUT2D eigenvalue weighted by atomic mass is 32.1. The van der Waals surface area contributed by atoms with Crippen LogP contribution in [0.1, 0.15) is 39.6 Å². The summed E-state index contributed by atoms with van der Waals surface area (Å²) in [6, 6.07) is 18.3. The Hall–Kier alpha value is -4.19. The number of hydrogen-bond donors (Lipinski definition) is 2. The number of rotatable bonds is 8. The van der Waals surface area contributed by atoms with Crippen LogP contribution < -0.4 is 19.5 Å². The van der Waals surface area contributed by atoms with Gasteiger partial charge in [-0.2, -0.15) is 0 Å². The van der Waals surface area contributed by atoms with Crippen LogP contribution in [-0.4, -0.2) is 77.4 Å². The maximum Gasteiger partial charge on any atom is 0.284 e. The van der Waals surface area contributed by atoms with E-state index in [9.17, 15) is 14.7 Å². The summed E-state index contributed by atoms with van der Waals surface area (Å²) < 4.78 is 18.6. The third kappa shape index (κ3) is 6.01. The molecule has 0 aliphatic carbocycles. The van der Waals surface area contributed by atoms with Crippen LogP contribution >= 0.6 is 11.3 Å². The van der Waals surface area contributed by atoms with Crippen LogP contribution in [-0.2, 0) is 6.54 Å². The normalized spacial score (nSPS) is 18.6. The first-order valence-electron chi connectivity index (χ1n) is 14.3. The number of aromatic nitrogens is 1. The molecule has 0 saturated carbocycles. The zero-order chi connectivity index (χ0) is 30.1. The highest BCUT2D eigenvalue weighted by Gasteiger charge is 2.35. The first-order valence-corrected chi connectivity index (χ1v) is 15.1. The highest BCUT2D eigenvalue weighted by Crippen LogP contribution is 2.36. The number of carbonyl (C=O) groups excluding carboxylic acids is 2. The number of thiazole rings is 1. The predicted molar refractivity (Wildman–Crippen MR) is 164 cm³/mol. The molecule has 0 unspecified atom stereocenters. The number of benzene rings is 3. The van der Waals surface area contributed by atoms with E-state index in [-0.39, 0.29) is 37.2 Å². The average Bonchev–Trinajstić information content (AvgIpc) is 3.66. The van der Waals surface area contributed by atoms with Crippen molar-refractivity contribution in [2.75, 3.05) is 38.9 Å². The number of ether oxygens (including phenoxy) is 3. The summed E-state index contributed by atoms with van der Waals surface area (Å²) in [5.74, 6) is 1.06. The van der Waals surface area contributed by atoms with Crippen LogP contribution in [0.15, 0.2) is 60.7 Å². The topological polar surface area (TPSA) is 113 Å². The van der Waals surface area contributed by atoms with Gasteiger partial charge in [0.2, 0.25) is 6.79 Å². The molecule has 0 saturated heterocycles. The molecule has 2 aliphatic rings. The summed E-state index contributed by atoms with van der Waals surface area (Å²) in [6.07, 6.45) is -0.334. The van der Waals surface area contributed by atoms with E-state index in [1.165, 1.54) is 11.3 Å². The molecule has 2 aliphatic heterocycles. The maximum absolute atomic E-state index is 13.8. The Morgan fingerprint density at radius 1 is 1.16 bits per heavy atom. The van der Waals surface area contributed by atoms with Crippen molar-refractivity contribution >= 4 is 39.1 Å². The number of aliphatic hydroxyl groups excluding tert-OH is 1. The molecule has 43 heavy (non-hydrogen) atoms. The van der Waals surface area contributed by atoms with Gasteiger partial charge in [0.05, 0.1) is 34.1 Å². The number of anilines is 1. The summed E-state index contributed by atoms with van der Waals surface area (Å²) in [7, 11) is 2.01. The number of fused-ring (bicyclic) bond motifs is 3. The Morgan fingerprint density at radius 3 is 2.79 bits per heavy atom. The van der Waals surface area contributed by atoms with Crippen molar-refractivity contribution in [3.63, 3.8) is 0 Å². The maximum atomic E-state index is 13.8. The SMILES string of the molecule is C[C@H]1CN([C@@H](C)CO)C(=O)c2cccc(NC(=O)c3nc4ccccc4s3)c2O[C@@H]1CN(C)Cc1ccc2c(c1)OCO2. The number of nitrogens with one attached hydrogen (secondary N) is 1. The van der Waals surface area contributed by atoms with Crippen LogP contribution in [0.25, 0.3) is 10.2 Å². The van der Waals surface area contributed by atoms with Gasteiger partial charge in [0.1, 0.15) is 6.10 Å². The lowest BCUT2D eigenvalue weighted by Gasteiger charge is -2.38. The first kappa shape index (κ1) is 28.9. The fraction of sp³-hybridized carbons (Fsp3) is 0.344. The van der Waals surface area contributed by atoms with Gasteiger partial charge < -0.3 is 29.5 Å². The van der Waals surface area contributed by atoms with Gasteiger partial charge in [-0.15, -0.1) is 11.3 Å². The van der Waals surface area contributed by atoms with E-state index in [0.29, 0.717) is 41.6 Å². The van der Waals surface area contributed by atoms with Crippen molar-refractivity contribution in [1.82, 2.24) is 14.8 Å². The summed E-state index contributed by atoms with van der Waals surface area (Å²) in [5.41, 5.74) is 2.54. The molecule has 1 aromatic heterocycles. The van der Waals surface area contributed by atoms with E-state index < -0.39 is 6.04 Å². The molecule has 10 nitrogen and oxygen atoms in total. The van der Waals surface area contributed by atoms with Gasteiger partial charge in [0.25, 0.3) is 11.8 Å². The third-order valence-electron chi connectivity index (χ3n) is 7.81. The minimum atomic E-state index is -0.395. The van der Waals surface area contributed by atoms with Crippen LogP contribution in [0.3, 0.4) is 0 Å². The Bertz CT molecular complexity index is 1630. The fourth-order valence-electron chi connectivity index (χ4n) is 5.43. The summed E-state index contributed by atoms with van der Waals surface area (Å²) in [4.78, 5) is 35.5. The number of para-hydroxylation sites is 2. The molecule has 224 valence electrons. The molecular formula is C32H34N4O6S. The molecule has 3 atom stereocenters. The van der Waals surface area contributed by atoms with E-state index >= 15 is 0 Å². The number of nitrogens with zero attached hydrogens (tertiary/aromatic N) is 3. The van der Waals surface area contributed by atoms with Gasteiger partial charge in [0, 0.05) is 25.6 Å². The molecule has 3 heterocycles. The summed E-state index contributed by atoms with van der Waals surface area (Å²) in [6.45, 7) is 5.51. The first-order chi connectivity index (χ1) is 20.8. The monoisotopic (exact) mass is 602 g/mol. The number of carbonyl (C=O) groups is 2. The minimum absolute atomic E-state index is 0.0849. The van der Waals surface area contributed by atoms with E-state index in [1.807, 2.05) is 63.4 Å². The molecule has 0 radical (unpaired) electrons. The van der Waals surface area contributed by atoms with E-state index in [4.69, 9.17) is 14.2 Å². The van der Waals surface area contributed by atoms with Gasteiger partial charge >= 0.3 is 0 Å². The van der Waals surface area contributed by atoms with Crippen molar-refractivity contribution in [3.05, 3.63) is 76.8 Å². The highest BCUT2D eigenvalue weighted by molar-refractivity contribution is 7.20. The van der Waals surface area contributed by atoms with Gasteiger partial charge in [-0.3, -0.25) is 14.5 Å². The molecule has 4 aromatic rings. The molecule has 2 N–H and O–H groups in total. The van der Waals surface area contributed by atoms with Crippen molar-refractivity contribution in [2.24, 2.45) is 5.92 Å². The second-order valence-corrected chi connectivity index (χ2v) is 12.2. The van der Waals surface area contributed by atoms with E-state index in [0.717, 1.165) is 27.3 Å². The lowest BCUT2D eigenvalue weighted by molar-refractivity contribution is 0.0343. The number of aliphatic hydroxyl groups is 1. The Kier molecular flexibility index (Phi) is 8.20. The Labute approximate surface area is 253 Å². The van der Waals surface area contributed by atoms with Crippen molar-refractivity contribution < 1.29 is 28.9 Å². The average molecular weight is 603 g/mol. The number of hydrogen-bond acceptors (Lipinski definition) is 9. The standard InChI is InChI=1S/C32H34N4O6S/c1-19-14-36(20(2)17-37)32(39)22-7-6-9-24(33-30(38)31-34-23-8-4-5-10-28(23)43-31)29(22)42-27(19)16-35(3)15-21-11-12-25-26(13-21)41-18-40-25/h4-13,19-20,27,37H,14-18H2,1-3H3,(H,33,38)/t19-,20-,27+/m0/s1. The van der Waals surface area contributed by atoms with E-state index in [1.54, 1.807) is 23.1 Å². The number of likely N-dealkylation sites (N-methyl/N-ethyl adjacent to an activating group) is 1. The van der Waals surface area contributed by atoms with Crippen LogP contribution in [0.5, 0.6) is 17.2 Å². The van der Waals surface area contributed by atoms with E-state index in [2.05, 4.69) is 15.2 Å². The molecule has 0 bridgehead atoms. The van der Waals surface area contributed by atoms with Crippen LogP contribution in [0, 0.1) is 5.92 Å². The summed E-state index contributed by atoms with van der Waals surface area (Å²) >= 11 is 1.30. The second kappa shape index (κ2) is 12.2. The van der Waals surface area contributed by atoms with Crippen LogP contribution in [0.4, 0.5) is 5.69 Å². The lowest BCUT2D eigenvalue weighted by Crippen LogP contribution is -2.49. The fourth-order valence-corrected chi connectivity index (χ4v) is 6.29. The van der Waals surface area contributed by atoms with Gasteiger partial charge in [-0.05, 0) is 55.9 Å². The molecule has 2 amide bonds. The van der Waals surface area contributed by atoms with Crippen molar-refractivity contribution in [2.45, 2.75) is 32.5 Å². The smallest absolute Gasteiger partial charge is 0.284 e. The zero-order valence-electron chi connectivity index (χ0n) is 24.3. The van der Waals surface area contributed by atoms with Gasteiger partial charge in [-0.1, -0.05) is 31.2 Å². The molecule has 0 spiro atoms.